The van der Waals surface area contributed by atoms with Crippen LogP contribution in [-0.2, 0) is 0 Å². The molecule has 0 saturated heterocycles. The average Bonchev–Trinajstić information content (AvgIpc) is 2.68. The maximum atomic E-state index is 10.8. The second-order valence-electron chi connectivity index (χ2n) is 2.76. The number of ether oxygens (including phenoxy) is 1. The minimum absolute atomic E-state index is 0.676. The second kappa shape index (κ2) is 3.71. The molecule has 0 N–H and O–H groups in total. The van der Waals surface area contributed by atoms with Gasteiger partial charge in [-0.25, -0.2) is 0 Å². The molecule has 0 unspecified atom stereocenters. The van der Waals surface area contributed by atoms with Gasteiger partial charge >= 0.3 is 0 Å². The summed E-state index contributed by atoms with van der Waals surface area (Å²) in [5.74, 6) is 0.693. The van der Waals surface area contributed by atoms with Crippen molar-refractivity contribution in [1.82, 2.24) is 0 Å². The summed E-state index contributed by atoms with van der Waals surface area (Å²) in [5, 5.41) is 2.98. The average molecular weight is 271 g/mol. The first-order valence-corrected chi connectivity index (χ1v) is 5.64. The van der Waals surface area contributed by atoms with Crippen molar-refractivity contribution in [1.29, 1.82) is 0 Å². The summed E-state index contributed by atoms with van der Waals surface area (Å²) in [4.78, 5) is 10.8. The Bertz CT molecular complexity index is 490. The molecule has 1 heterocycles. The van der Waals surface area contributed by atoms with Crippen molar-refractivity contribution < 1.29 is 9.53 Å². The van der Waals surface area contributed by atoms with Crippen molar-refractivity contribution in [2.45, 2.75) is 0 Å². The Labute approximate surface area is 93.6 Å². The van der Waals surface area contributed by atoms with Crippen LogP contribution in [0, 0.1) is 0 Å². The van der Waals surface area contributed by atoms with Crippen LogP contribution in [0.2, 0.25) is 0 Å². The van der Waals surface area contributed by atoms with E-state index in [0.29, 0.717) is 11.3 Å². The van der Waals surface area contributed by atoms with E-state index in [4.69, 9.17) is 4.74 Å². The largest absolute Gasteiger partial charge is 0.496 e. The molecule has 4 heteroatoms. The molecule has 2 nitrogen and oxygen atoms in total. The normalized spacial score (nSPS) is 10.4. The molecule has 14 heavy (non-hydrogen) atoms. The molecule has 0 radical (unpaired) electrons. The predicted molar refractivity (Wildman–Crippen MR) is 61.5 cm³/mol. The molecule has 0 spiro atoms. The van der Waals surface area contributed by atoms with E-state index in [1.165, 1.54) is 0 Å². The molecule has 0 atom stereocenters. The van der Waals surface area contributed by atoms with E-state index < -0.39 is 0 Å². The lowest BCUT2D eigenvalue weighted by Crippen LogP contribution is -1.88. The lowest BCUT2D eigenvalue weighted by atomic mass is 10.2. The van der Waals surface area contributed by atoms with Crippen LogP contribution in [0.4, 0.5) is 0 Å². The summed E-state index contributed by atoms with van der Waals surface area (Å²) in [5.41, 5.74) is 0.676. The van der Waals surface area contributed by atoms with Crippen molar-refractivity contribution in [3.05, 3.63) is 27.5 Å². The van der Waals surface area contributed by atoms with E-state index in [-0.39, 0.29) is 0 Å². The van der Waals surface area contributed by atoms with Crippen molar-refractivity contribution in [3.63, 3.8) is 0 Å². The van der Waals surface area contributed by atoms with Crippen LogP contribution in [0.5, 0.6) is 5.75 Å². The lowest BCUT2D eigenvalue weighted by molar-refractivity contribution is 0.112. The first-order chi connectivity index (χ1) is 6.77. The van der Waals surface area contributed by atoms with Gasteiger partial charge in [0.2, 0.25) is 0 Å². The summed E-state index contributed by atoms with van der Waals surface area (Å²) in [6, 6.07) is 3.72. The van der Waals surface area contributed by atoms with Gasteiger partial charge in [0.25, 0.3) is 0 Å². The van der Waals surface area contributed by atoms with Gasteiger partial charge in [0.1, 0.15) is 5.75 Å². The van der Waals surface area contributed by atoms with Crippen LogP contribution in [0.15, 0.2) is 22.0 Å². The first kappa shape index (κ1) is 9.68. The Morgan fingerprint density at radius 3 is 3.00 bits per heavy atom. The van der Waals surface area contributed by atoms with Crippen LogP contribution in [-0.4, -0.2) is 13.4 Å². The van der Waals surface area contributed by atoms with Gasteiger partial charge in [-0.2, -0.15) is 0 Å². The summed E-state index contributed by atoms with van der Waals surface area (Å²) < 4.78 is 7.06. The number of benzene rings is 1. The minimum atomic E-state index is 0.676. The third-order valence-electron chi connectivity index (χ3n) is 2.01. The number of carbonyl (C=O) groups is 1. The Morgan fingerprint density at radius 1 is 1.57 bits per heavy atom. The van der Waals surface area contributed by atoms with Crippen LogP contribution in [0.25, 0.3) is 10.1 Å². The van der Waals surface area contributed by atoms with Crippen molar-refractivity contribution in [3.8, 4) is 5.75 Å². The second-order valence-corrected chi connectivity index (χ2v) is 4.47. The van der Waals surface area contributed by atoms with E-state index in [1.54, 1.807) is 24.5 Å². The van der Waals surface area contributed by atoms with E-state index in [2.05, 4.69) is 15.9 Å². The monoisotopic (exact) mass is 270 g/mol. The van der Waals surface area contributed by atoms with Gasteiger partial charge in [-0.15, -0.1) is 11.3 Å². The maximum Gasteiger partial charge on any atom is 0.151 e. The Morgan fingerprint density at radius 2 is 2.36 bits per heavy atom. The molecule has 2 aromatic rings. The van der Waals surface area contributed by atoms with Gasteiger partial charge in [-0.1, -0.05) is 0 Å². The van der Waals surface area contributed by atoms with E-state index in [9.17, 15) is 4.79 Å². The number of methoxy groups -OCH3 is 1. The molecule has 2 rings (SSSR count). The zero-order valence-corrected chi connectivity index (χ0v) is 9.81. The van der Waals surface area contributed by atoms with Gasteiger partial charge in [0.15, 0.2) is 6.29 Å². The highest BCUT2D eigenvalue weighted by Gasteiger charge is 2.10. The fourth-order valence-electron chi connectivity index (χ4n) is 1.34. The number of halogens is 1. The fraction of sp³-hybridized carbons (Fsp3) is 0.100. The first-order valence-electron chi connectivity index (χ1n) is 3.96. The molecule has 0 amide bonds. The van der Waals surface area contributed by atoms with E-state index in [0.717, 1.165) is 20.8 Å². The van der Waals surface area contributed by atoms with Gasteiger partial charge in [0.05, 0.1) is 11.6 Å². The van der Waals surface area contributed by atoms with Crippen molar-refractivity contribution in [2.24, 2.45) is 0 Å². The van der Waals surface area contributed by atoms with Gasteiger partial charge in [-0.05, 0) is 33.4 Å². The maximum absolute atomic E-state index is 10.8. The Balaban J connectivity index is 2.86. The van der Waals surface area contributed by atoms with Gasteiger partial charge in [0, 0.05) is 15.6 Å². The van der Waals surface area contributed by atoms with Crippen LogP contribution in [0.3, 0.4) is 0 Å². The molecule has 1 aromatic heterocycles. The van der Waals surface area contributed by atoms with Crippen LogP contribution in [0.1, 0.15) is 10.4 Å². The number of aldehydes is 1. The zero-order chi connectivity index (χ0) is 10.1. The SMILES string of the molecule is COc1cc(C=O)c2sccc2c1Br. The molecule has 72 valence electrons. The van der Waals surface area contributed by atoms with E-state index >= 15 is 0 Å². The lowest BCUT2D eigenvalue weighted by Gasteiger charge is -2.05. The fourth-order valence-corrected chi connectivity index (χ4v) is 2.96. The molecule has 0 aliphatic heterocycles. The molecule has 0 fully saturated rings. The number of thiophene rings is 1. The number of carbonyl (C=O) groups excluding carboxylic acids is 1. The highest BCUT2D eigenvalue weighted by Crippen LogP contribution is 2.37. The zero-order valence-electron chi connectivity index (χ0n) is 7.41. The standard InChI is InChI=1S/C10H7BrO2S/c1-13-8-4-6(5-12)10-7(9(8)11)2-3-14-10/h2-5H,1H3. The third-order valence-corrected chi connectivity index (χ3v) is 3.80. The third kappa shape index (κ3) is 1.35. The van der Waals surface area contributed by atoms with Gasteiger partial charge < -0.3 is 4.74 Å². The quantitative estimate of drug-likeness (QED) is 0.781. The van der Waals surface area contributed by atoms with Crippen molar-refractivity contribution in [2.75, 3.05) is 7.11 Å². The molecular formula is C10H7BrO2S. The van der Waals surface area contributed by atoms with E-state index in [1.807, 2.05) is 11.4 Å². The predicted octanol–water partition coefficient (Wildman–Crippen LogP) is 3.48. The molecule has 0 bridgehead atoms. The summed E-state index contributed by atoms with van der Waals surface area (Å²) >= 11 is 5.01. The topological polar surface area (TPSA) is 26.3 Å². The van der Waals surface area contributed by atoms with Gasteiger partial charge in [-0.3, -0.25) is 4.79 Å². The van der Waals surface area contributed by atoms with Crippen LogP contribution >= 0.6 is 27.3 Å². The van der Waals surface area contributed by atoms with Crippen LogP contribution < -0.4 is 4.74 Å². The Kier molecular flexibility index (Phi) is 2.56. The molecule has 0 aliphatic carbocycles. The molecule has 1 aromatic carbocycles. The summed E-state index contributed by atoms with van der Waals surface area (Å²) in [6.07, 6.45) is 0.855. The molecule has 0 saturated carbocycles. The number of hydrogen-bond acceptors (Lipinski definition) is 3. The molecular weight excluding hydrogens is 264 g/mol. The summed E-state index contributed by atoms with van der Waals surface area (Å²) in [7, 11) is 1.59. The minimum Gasteiger partial charge on any atom is -0.496 e. The number of fused-ring (bicyclic) bond motifs is 1. The summed E-state index contributed by atoms with van der Waals surface area (Å²) in [6.45, 7) is 0. The highest BCUT2D eigenvalue weighted by atomic mass is 79.9. The Hall–Kier alpha value is -0.870. The number of rotatable bonds is 2. The number of hydrogen-bond donors (Lipinski definition) is 0. The molecule has 0 aliphatic rings. The smallest absolute Gasteiger partial charge is 0.151 e. The highest BCUT2D eigenvalue weighted by molar-refractivity contribution is 9.10. The van der Waals surface area contributed by atoms with Crippen molar-refractivity contribution >= 4 is 43.6 Å².